The minimum atomic E-state index is -0.430. The maximum absolute atomic E-state index is 13.2. The molecule has 1 aromatic heterocycles. The summed E-state index contributed by atoms with van der Waals surface area (Å²) in [7, 11) is 0. The topological polar surface area (TPSA) is 71.1 Å². The zero-order valence-electron chi connectivity index (χ0n) is 14.0. The summed E-state index contributed by atoms with van der Waals surface area (Å²) in [6.45, 7) is 1.51. The van der Waals surface area contributed by atoms with Crippen molar-refractivity contribution < 1.29 is 14.0 Å². The molecule has 0 radical (unpaired) electrons. The quantitative estimate of drug-likeness (QED) is 0.669. The van der Waals surface area contributed by atoms with E-state index in [1.807, 2.05) is 6.07 Å². The van der Waals surface area contributed by atoms with Crippen molar-refractivity contribution in [3.63, 3.8) is 0 Å². The van der Waals surface area contributed by atoms with Gasteiger partial charge in [0.15, 0.2) is 5.78 Å². The second-order valence-electron chi connectivity index (χ2n) is 5.66. The standard InChI is InChI=1S/C20H16FN3O2/c1-13(25)14-4-2-6-16(10-14)23-18-8-9-19(22-12-18)20(26)24-17-7-3-5-15(21)11-17/h2-12,23H,1H3,(H,24,26). The summed E-state index contributed by atoms with van der Waals surface area (Å²) >= 11 is 0. The van der Waals surface area contributed by atoms with E-state index < -0.39 is 11.7 Å². The number of pyridine rings is 1. The van der Waals surface area contributed by atoms with Gasteiger partial charge in [-0.05, 0) is 49.4 Å². The molecule has 0 saturated heterocycles. The van der Waals surface area contributed by atoms with Gasteiger partial charge in [0, 0.05) is 16.9 Å². The zero-order valence-corrected chi connectivity index (χ0v) is 14.0. The molecule has 2 N–H and O–H groups in total. The number of amides is 1. The van der Waals surface area contributed by atoms with E-state index in [2.05, 4.69) is 15.6 Å². The van der Waals surface area contributed by atoms with Crippen molar-refractivity contribution >= 4 is 28.8 Å². The van der Waals surface area contributed by atoms with Crippen LogP contribution in [0.1, 0.15) is 27.8 Å². The van der Waals surface area contributed by atoms with Crippen LogP contribution in [0.25, 0.3) is 0 Å². The SMILES string of the molecule is CC(=O)c1cccc(Nc2ccc(C(=O)Nc3cccc(F)c3)nc2)c1. The minimum Gasteiger partial charge on any atom is -0.354 e. The molecule has 130 valence electrons. The Morgan fingerprint density at radius 3 is 2.38 bits per heavy atom. The Balaban J connectivity index is 1.69. The smallest absolute Gasteiger partial charge is 0.274 e. The van der Waals surface area contributed by atoms with Crippen molar-refractivity contribution in [3.8, 4) is 0 Å². The number of carbonyl (C=O) groups excluding carboxylic acids is 2. The predicted molar refractivity (Wildman–Crippen MR) is 98.3 cm³/mol. The Hall–Kier alpha value is -3.54. The highest BCUT2D eigenvalue weighted by Gasteiger charge is 2.08. The van der Waals surface area contributed by atoms with E-state index in [1.165, 1.54) is 31.3 Å². The van der Waals surface area contributed by atoms with Gasteiger partial charge in [-0.2, -0.15) is 0 Å². The number of aromatic nitrogens is 1. The molecule has 0 aliphatic carbocycles. The molecule has 0 aliphatic heterocycles. The van der Waals surface area contributed by atoms with Crippen LogP contribution >= 0.6 is 0 Å². The number of nitrogens with zero attached hydrogens (tertiary/aromatic N) is 1. The van der Waals surface area contributed by atoms with Crippen LogP contribution < -0.4 is 10.6 Å². The molecule has 1 heterocycles. The van der Waals surface area contributed by atoms with Crippen LogP contribution in [-0.2, 0) is 0 Å². The summed E-state index contributed by atoms with van der Waals surface area (Å²) in [4.78, 5) is 27.7. The third-order valence-corrected chi connectivity index (χ3v) is 3.64. The van der Waals surface area contributed by atoms with Crippen LogP contribution in [0, 0.1) is 5.82 Å². The highest BCUT2D eigenvalue weighted by molar-refractivity contribution is 6.03. The van der Waals surface area contributed by atoms with Crippen LogP contribution in [0.15, 0.2) is 66.9 Å². The molecule has 3 aromatic rings. The van der Waals surface area contributed by atoms with Crippen molar-refractivity contribution in [2.75, 3.05) is 10.6 Å². The van der Waals surface area contributed by atoms with E-state index in [9.17, 15) is 14.0 Å². The maximum Gasteiger partial charge on any atom is 0.274 e. The molecule has 1 amide bonds. The van der Waals surface area contributed by atoms with Crippen molar-refractivity contribution in [2.24, 2.45) is 0 Å². The first-order valence-corrected chi connectivity index (χ1v) is 7.92. The molecule has 26 heavy (non-hydrogen) atoms. The van der Waals surface area contributed by atoms with Crippen molar-refractivity contribution in [1.82, 2.24) is 4.98 Å². The van der Waals surface area contributed by atoms with Gasteiger partial charge in [-0.25, -0.2) is 9.37 Å². The summed E-state index contributed by atoms with van der Waals surface area (Å²) in [5.74, 6) is -0.875. The van der Waals surface area contributed by atoms with Crippen LogP contribution in [0.4, 0.5) is 21.5 Å². The van der Waals surface area contributed by atoms with Gasteiger partial charge in [0.05, 0.1) is 11.9 Å². The van der Waals surface area contributed by atoms with Crippen LogP contribution in [0.3, 0.4) is 0 Å². The van der Waals surface area contributed by atoms with Gasteiger partial charge < -0.3 is 10.6 Å². The average Bonchev–Trinajstić information content (AvgIpc) is 2.62. The summed E-state index contributed by atoms with van der Waals surface area (Å²) in [5.41, 5.74) is 2.59. The number of hydrogen-bond acceptors (Lipinski definition) is 4. The number of carbonyl (C=O) groups is 2. The van der Waals surface area contributed by atoms with Gasteiger partial charge >= 0.3 is 0 Å². The van der Waals surface area contributed by atoms with Gasteiger partial charge in [0.1, 0.15) is 11.5 Å². The fourth-order valence-corrected chi connectivity index (χ4v) is 2.35. The lowest BCUT2D eigenvalue weighted by Gasteiger charge is -2.08. The third kappa shape index (κ3) is 4.30. The van der Waals surface area contributed by atoms with Gasteiger partial charge in [0.2, 0.25) is 0 Å². The van der Waals surface area contributed by atoms with Crippen LogP contribution in [0.2, 0.25) is 0 Å². The fraction of sp³-hybridized carbons (Fsp3) is 0.0500. The van der Waals surface area contributed by atoms with E-state index in [-0.39, 0.29) is 11.5 Å². The van der Waals surface area contributed by atoms with E-state index >= 15 is 0 Å². The lowest BCUT2D eigenvalue weighted by molar-refractivity contribution is 0.101. The minimum absolute atomic E-state index is 0.0175. The van der Waals surface area contributed by atoms with Gasteiger partial charge in [-0.1, -0.05) is 18.2 Å². The molecular formula is C20H16FN3O2. The zero-order chi connectivity index (χ0) is 18.5. The second-order valence-corrected chi connectivity index (χ2v) is 5.66. The molecular weight excluding hydrogens is 333 g/mol. The molecule has 2 aromatic carbocycles. The average molecular weight is 349 g/mol. The van der Waals surface area contributed by atoms with Crippen molar-refractivity contribution in [2.45, 2.75) is 6.92 Å². The summed E-state index contributed by atoms with van der Waals surface area (Å²) in [6, 6.07) is 16.0. The highest BCUT2D eigenvalue weighted by atomic mass is 19.1. The second kappa shape index (κ2) is 7.57. The van der Waals surface area contributed by atoms with E-state index in [1.54, 1.807) is 36.4 Å². The van der Waals surface area contributed by atoms with Gasteiger partial charge in [-0.15, -0.1) is 0 Å². The lowest BCUT2D eigenvalue weighted by Crippen LogP contribution is -2.13. The Morgan fingerprint density at radius 2 is 1.69 bits per heavy atom. The molecule has 0 aliphatic rings. The number of nitrogens with one attached hydrogen (secondary N) is 2. The normalized spacial score (nSPS) is 10.2. The van der Waals surface area contributed by atoms with Gasteiger partial charge in [0.25, 0.3) is 5.91 Å². The van der Waals surface area contributed by atoms with E-state index in [0.29, 0.717) is 16.9 Å². The molecule has 0 bridgehead atoms. The molecule has 0 fully saturated rings. The Kier molecular flexibility index (Phi) is 5.03. The van der Waals surface area contributed by atoms with E-state index in [0.717, 1.165) is 5.69 Å². The maximum atomic E-state index is 13.2. The number of halogens is 1. The number of Topliss-reactive ketones (excluding diaryl/α,β-unsaturated/α-hetero) is 1. The van der Waals surface area contributed by atoms with Crippen LogP contribution in [0.5, 0.6) is 0 Å². The Bertz CT molecular complexity index is 955. The highest BCUT2D eigenvalue weighted by Crippen LogP contribution is 2.18. The number of rotatable bonds is 5. The summed E-state index contributed by atoms with van der Waals surface area (Å²) < 4.78 is 13.2. The predicted octanol–water partition coefficient (Wildman–Crippen LogP) is 4.42. The van der Waals surface area contributed by atoms with Gasteiger partial charge in [-0.3, -0.25) is 9.59 Å². The first-order valence-electron chi connectivity index (χ1n) is 7.92. The van der Waals surface area contributed by atoms with Crippen LogP contribution in [-0.4, -0.2) is 16.7 Å². The van der Waals surface area contributed by atoms with Crippen molar-refractivity contribution in [3.05, 3.63) is 83.9 Å². The molecule has 5 nitrogen and oxygen atoms in total. The summed E-state index contributed by atoms with van der Waals surface area (Å²) in [6.07, 6.45) is 1.51. The van der Waals surface area contributed by atoms with Crippen molar-refractivity contribution in [1.29, 1.82) is 0 Å². The fourth-order valence-electron chi connectivity index (χ4n) is 2.35. The monoisotopic (exact) mass is 349 g/mol. The Labute approximate surface area is 149 Å². The number of ketones is 1. The molecule has 0 spiro atoms. The molecule has 0 saturated carbocycles. The Morgan fingerprint density at radius 1 is 0.923 bits per heavy atom. The molecule has 0 atom stereocenters. The molecule has 0 unspecified atom stereocenters. The number of benzene rings is 2. The first kappa shape index (κ1) is 17.3. The largest absolute Gasteiger partial charge is 0.354 e. The molecule has 3 rings (SSSR count). The lowest BCUT2D eigenvalue weighted by atomic mass is 10.1. The third-order valence-electron chi connectivity index (χ3n) is 3.64. The van der Waals surface area contributed by atoms with E-state index in [4.69, 9.17) is 0 Å². The first-order chi connectivity index (χ1) is 12.5. The summed E-state index contributed by atoms with van der Waals surface area (Å²) in [5, 5.41) is 5.72. The number of hydrogen-bond donors (Lipinski definition) is 2. The molecule has 6 heteroatoms. The number of anilines is 3.